The minimum absolute atomic E-state index is 0.00876. The van der Waals surface area contributed by atoms with Crippen molar-refractivity contribution in [3.63, 3.8) is 0 Å². The van der Waals surface area contributed by atoms with Crippen molar-refractivity contribution in [3.8, 4) is 22.6 Å². The molecule has 2 unspecified atom stereocenters. The number of aromatic nitrogens is 9. The number of nitrogens with one attached hydrogen (secondary N) is 1. The predicted octanol–water partition coefficient (Wildman–Crippen LogP) is 1.90. The topological polar surface area (TPSA) is 191 Å². The number of H-pyrrole nitrogens is 1. The second kappa shape index (κ2) is 9.40. The fourth-order valence-electron chi connectivity index (χ4n) is 6.16. The number of hydrogen-bond acceptors (Lipinski definition) is 11. The van der Waals surface area contributed by atoms with Crippen LogP contribution in [-0.4, -0.2) is 82.5 Å². The number of nitrogen functional groups attached to an aromatic ring is 1. The number of carbonyl (C=O) groups excluding carboxylic acids is 1. The number of fused-ring (bicyclic) bond motifs is 3. The molecular weight excluding hydrogens is 546 g/mol. The van der Waals surface area contributed by atoms with Gasteiger partial charge in [0.25, 0.3) is 5.91 Å². The van der Waals surface area contributed by atoms with Gasteiger partial charge < -0.3 is 10.6 Å². The molecule has 0 aliphatic carbocycles. The Labute approximate surface area is 234 Å². The van der Waals surface area contributed by atoms with Gasteiger partial charge in [-0.25, -0.2) is 23.4 Å². The van der Waals surface area contributed by atoms with Crippen molar-refractivity contribution >= 4 is 27.2 Å². The molecule has 15 heteroatoms. The van der Waals surface area contributed by atoms with Crippen molar-refractivity contribution in [3.05, 3.63) is 60.6 Å². The van der Waals surface area contributed by atoms with Crippen molar-refractivity contribution in [1.82, 2.24) is 49.9 Å². The van der Waals surface area contributed by atoms with E-state index in [0.29, 0.717) is 41.3 Å². The molecule has 2 aliphatic rings. The Balaban J connectivity index is 1.29. The van der Waals surface area contributed by atoms with Crippen LogP contribution in [0.5, 0.6) is 0 Å². The number of hydrogen-bond donors (Lipinski definition) is 2. The molecule has 7 heterocycles. The molecule has 2 saturated heterocycles. The molecule has 5 aromatic heterocycles. The highest BCUT2D eigenvalue weighted by molar-refractivity contribution is 7.91. The minimum atomic E-state index is -3.75. The molecule has 2 aliphatic heterocycles. The Morgan fingerprint density at radius 2 is 1.80 bits per heavy atom. The van der Waals surface area contributed by atoms with Gasteiger partial charge in [0.05, 0.1) is 18.1 Å². The number of sulfone groups is 1. The maximum atomic E-state index is 13.1. The maximum Gasteiger partial charge on any atom is 0.276 e. The molecule has 7 rings (SSSR count). The van der Waals surface area contributed by atoms with Gasteiger partial charge in [0.1, 0.15) is 16.4 Å². The van der Waals surface area contributed by atoms with Gasteiger partial charge in [0, 0.05) is 54.0 Å². The third kappa shape index (κ3) is 4.20. The molecule has 3 N–H and O–H groups in total. The van der Waals surface area contributed by atoms with Crippen LogP contribution in [-0.2, 0) is 9.84 Å². The van der Waals surface area contributed by atoms with E-state index in [1.807, 2.05) is 17.0 Å². The van der Waals surface area contributed by atoms with Crippen LogP contribution in [0.25, 0.3) is 28.3 Å². The lowest BCUT2D eigenvalue weighted by Gasteiger charge is -2.38. The number of nitrogens with zero attached hydrogens (tertiary/aromatic N) is 9. The van der Waals surface area contributed by atoms with Gasteiger partial charge >= 0.3 is 0 Å². The Kier molecular flexibility index (Phi) is 5.78. The lowest BCUT2D eigenvalue weighted by atomic mass is 9.87. The number of rotatable bonds is 5. The molecule has 0 radical (unpaired) electrons. The zero-order valence-corrected chi connectivity index (χ0v) is 22.7. The van der Waals surface area contributed by atoms with E-state index in [1.165, 1.54) is 10.7 Å². The van der Waals surface area contributed by atoms with Crippen LogP contribution < -0.4 is 5.73 Å². The summed E-state index contributed by atoms with van der Waals surface area (Å²) in [4.78, 5) is 32.9. The van der Waals surface area contributed by atoms with Crippen LogP contribution in [0, 0.1) is 0 Å². The molecule has 208 valence electrons. The molecule has 0 aromatic carbocycles. The third-order valence-electron chi connectivity index (χ3n) is 7.89. The van der Waals surface area contributed by atoms with Crippen LogP contribution >= 0.6 is 0 Å². The summed E-state index contributed by atoms with van der Waals surface area (Å²) in [5, 5.41) is 14.6. The van der Waals surface area contributed by atoms with Gasteiger partial charge in [0.15, 0.2) is 27.0 Å². The third-order valence-corrected chi connectivity index (χ3v) is 9.05. The van der Waals surface area contributed by atoms with E-state index in [-0.39, 0.29) is 40.3 Å². The molecule has 3 atom stereocenters. The quantitative estimate of drug-likeness (QED) is 0.313. The standard InChI is InChI=1S/C26H25N11O3S/c1-41(39,40)22-21(15-9-16-4-5-17(10-15)36(16)26(38)20-13-31-35-34-20)33-25-18(12-32-37(25)23(22)27)14-3-6-19(30-11-14)24-28-7-2-8-29-24/h2-3,6-8,11-13,15-17H,4-5,9-10,27H2,1H3,(H,31,34,35)/t15?,16-,17?/m1/s1. The van der Waals surface area contributed by atoms with Gasteiger partial charge in [-0.3, -0.25) is 9.78 Å². The SMILES string of the molecule is CS(=O)(=O)c1c(C2CC3CC[C@H](C2)N3C(=O)c2cn[nH]n2)nc2c(-c3ccc(-c4ncccn4)nc3)cnn2c1N. The summed E-state index contributed by atoms with van der Waals surface area (Å²) in [6.45, 7) is 0. The van der Waals surface area contributed by atoms with E-state index in [2.05, 4.69) is 35.5 Å². The second-order valence-electron chi connectivity index (χ2n) is 10.4. The van der Waals surface area contributed by atoms with Gasteiger partial charge in [-0.05, 0) is 37.8 Å². The smallest absolute Gasteiger partial charge is 0.276 e. The van der Waals surface area contributed by atoms with Crippen LogP contribution in [0.3, 0.4) is 0 Å². The highest BCUT2D eigenvalue weighted by atomic mass is 32.2. The molecule has 1 amide bonds. The van der Waals surface area contributed by atoms with Crippen LogP contribution in [0.2, 0.25) is 0 Å². The number of piperidine rings is 1. The Morgan fingerprint density at radius 1 is 1.05 bits per heavy atom. The molecular formula is C26H25N11O3S. The number of anilines is 1. The number of carbonyl (C=O) groups is 1. The average Bonchev–Trinajstić information content (AvgIpc) is 3.71. The van der Waals surface area contributed by atoms with Crippen molar-refractivity contribution in [2.75, 3.05) is 12.0 Å². The second-order valence-corrected chi connectivity index (χ2v) is 12.4. The first kappa shape index (κ1) is 25.2. The van der Waals surface area contributed by atoms with Crippen LogP contribution in [0.15, 0.2) is 54.1 Å². The van der Waals surface area contributed by atoms with Gasteiger partial charge in [0.2, 0.25) is 0 Å². The highest BCUT2D eigenvalue weighted by Gasteiger charge is 2.46. The molecule has 2 fully saturated rings. The van der Waals surface area contributed by atoms with E-state index in [1.54, 1.807) is 30.9 Å². The van der Waals surface area contributed by atoms with Gasteiger partial charge in [-0.2, -0.15) is 25.0 Å². The van der Waals surface area contributed by atoms with Crippen molar-refractivity contribution in [2.24, 2.45) is 0 Å². The van der Waals surface area contributed by atoms with Gasteiger partial charge in [-0.1, -0.05) is 6.07 Å². The molecule has 41 heavy (non-hydrogen) atoms. The number of amides is 1. The summed E-state index contributed by atoms with van der Waals surface area (Å²) in [5.74, 6) is 0.120. The minimum Gasteiger partial charge on any atom is -0.382 e. The molecule has 5 aromatic rings. The Morgan fingerprint density at radius 3 is 2.44 bits per heavy atom. The number of nitrogens with two attached hydrogens (primary N) is 1. The summed E-state index contributed by atoms with van der Waals surface area (Å²) in [5.41, 5.74) is 9.61. The van der Waals surface area contributed by atoms with Crippen molar-refractivity contribution in [1.29, 1.82) is 0 Å². The molecule has 0 spiro atoms. The zero-order valence-electron chi connectivity index (χ0n) is 21.9. The molecule has 14 nitrogen and oxygen atoms in total. The summed E-state index contributed by atoms with van der Waals surface area (Å²) in [6.07, 6.45) is 11.9. The first-order valence-electron chi connectivity index (χ1n) is 13.1. The largest absolute Gasteiger partial charge is 0.382 e. The average molecular weight is 572 g/mol. The lowest BCUT2D eigenvalue weighted by Crippen LogP contribution is -2.46. The number of pyridine rings is 1. The van der Waals surface area contributed by atoms with Gasteiger partial charge in [-0.15, -0.1) is 0 Å². The summed E-state index contributed by atoms with van der Waals surface area (Å²) in [7, 11) is -3.75. The predicted molar refractivity (Wildman–Crippen MR) is 146 cm³/mol. The van der Waals surface area contributed by atoms with Crippen molar-refractivity contribution in [2.45, 2.75) is 48.6 Å². The van der Waals surface area contributed by atoms with E-state index in [0.717, 1.165) is 24.7 Å². The summed E-state index contributed by atoms with van der Waals surface area (Å²) >= 11 is 0. The fourth-order valence-corrected chi connectivity index (χ4v) is 7.22. The highest BCUT2D eigenvalue weighted by Crippen LogP contribution is 2.45. The lowest BCUT2D eigenvalue weighted by molar-refractivity contribution is 0.0562. The molecule has 0 saturated carbocycles. The summed E-state index contributed by atoms with van der Waals surface area (Å²) in [6, 6.07) is 5.26. The monoisotopic (exact) mass is 571 g/mol. The van der Waals surface area contributed by atoms with Crippen LogP contribution in [0.1, 0.15) is 47.8 Å². The molecule has 2 bridgehead atoms. The van der Waals surface area contributed by atoms with Crippen molar-refractivity contribution < 1.29 is 13.2 Å². The Bertz CT molecular complexity index is 1860. The van der Waals surface area contributed by atoms with E-state index >= 15 is 0 Å². The van der Waals surface area contributed by atoms with E-state index < -0.39 is 9.84 Å². The van der Waals surface area contributed by atoms with Crippen LogP contribution in [0.4, 0.5) is 5.82 Å². The number of aromatic amines is 1. The zero-order chi connectivity index (χ0) is 28.3. The first-order valence-corrected chi connectivity index (χ1v) is 15.0. The Hall–Kier alpha value is -4.79. The van der Waals surface area contributed by atoms with E-state index in [9.17, 15) is 13.2 Å². The maximum absolute atomic E-state index is 13.1. The normalized spacial score (nSPS) is 20.5. The first-order chi connectivity index (χ1) is 19.8. The fraction of sp³-hybridized carbons (Fsp3) is 0.308. The van der Waals surface area contributed by atoms with E-state index in [4.69, 9.17) is 10.7 Å². The summed E-state index contributed by atoms with van der Waals surface area (Å²) < 4.78 is 27.5.